The topological polar surface area (TPSA) is 44.1 Å². The van der Waals surface area contributed by atoms with Crippen molar-refractivity contribution in [2.75, 3.05) is 5.75 Å². The number of hydrogen-bond acceptors (Lipinski definition) is 3. The molecule has 2 saturated heterocycles. The summed E-state index contributed by atoms with van der Waals surface area (Å²) in [5, 5.41) is 9.28. The van der Waals surface area contributed by atoms with Gasteiger partial charge in [-0.3, -0.25) is 4.79 Å². The van der Waals surface area contributed by atoms with Gasteiger partial charge in [0.05, 0.1) is 11.4 Å². The summed E-state index contributed by atoms with van der Waals surface area (Å²) in [6.07, 6.45) is 1.68. The Morgan fingerprint density at radius 2 is 2.17 bits per heavy atom. The van der Waals surface area contributed by atoms with E-state index < -0.39 is 0 Å². The fraction of sp³-hybridized carbons (Fsp3) is 0.429. The monoisotopic (exact) mass is 258 g/mol. The van der Waals surface area contributed by atoms with Gasteiger partial charge in [0.1, 0.15) is 6.04 Å². The largest absolute Gasteiger partial charge is 0.314 e. The van der Waals surface area contributed by atoms with Crippen LogP contribution in [0.25, 0.3) is 0 Å². The normalized spacial score (nSPS) is 30.3. The molecule has 2 unspecified atom stereocenters. The second-order valence-electron chi connectivity index (χ2n) is 4.80. The van der Waals surface area contributed by atoms with Crippen LogP contribution < -0.4 is 0 Å². The van der Waals surface area contributed by atoms with Crippen LogP contribution in [0, 0.1) is 17.2 Å². The number of carbonyl (C=O) groups excluding carboxylic acids is 1. The van der Waals surface area contributed by atoms with E-state index in [1.54, 1.807) is 16.7 Å². The first kappa shape index (κ1) is 11.6. The molecular formula is C14H14N2OS. The summed E-state index contributed by atoms with van der Waals surface area (Å²) < 4.78 is 0. The lowest BCUT2D eigenvalue weighted by molar-refractivity contribution is -0.131. The standard InChI is InChI=1S/C14H14N2OS/c15-8-12-9-18-13-7-11(14(17)16(12)13)6-10-4-2-1-3-5-10/h1-5,11-13H,6-7,9H2/t11?,12?,13-/m0/s1. The van der Waals surface area contributed by atoms with Crippen LogP contribution in [0.5, 0.6) is 0 Å². The molecule has 0 bridgehead atoms. The molecule has 92 valence electrons. The van der Waals surface area contributed by atoms with Crippen LogP contribution in [0.2, 0.25) is 0 Å². The maximum Gasteiger partial charge on any atom is 0.228 e. The summed E-state index contributed by atoms with van der Waals surface area (Å²) >= 11 is 1.75. The zero-order chi connectivity index (χ0) is 12.5. The van der Waals surface area contributed by atoms with E-state index in [0.29, 0.717) is 0 Å². The van der Waals surface area contributed by atoms with Crippen molar-refractivity contribution in [3.05, 3.63) is 35.9 Å². The molecule has 2 heterocycles. The minimum Gasteiger partial charge on any atom is -0.314 e. The van der Waals surface area contributed by atoms with Gasteiger partial charge in [-0.1, -0.05) is 30.3 Å². The summed E-state index contributed by atoms with van der Waals surface area (Å²) in [5.41, 5.74) is 1.20. The first-order valence-electron chi connectivity index (χ1n) is 6.17. The van der Waals surface area contributed by atoms with Crippen molar-refractivity contribution < 1.29 is 4.79 Å². The predicted octanol–water partition coefficient (Wildman–Crippen LogP) is 2.04. The average molecular weight is 258 g/mol. The van der Waals surface area contributed by atoms with Gasteiger partial charge in [0.25, 0.3) is 0 Å². The minimum atomic E-state index is -0.215. The van der Waals surface area contributed by atoms with Crippen LogP contribution in [-0.2, 0) is 11.2 Å². The van der Waals surface area contributed by atoms with E-state index in [4.69, 9.17) is 5.26 Å². The molecule has 1 aromatic carbocycles. The van der Waals surface area contributed by atoms with Crippen LogP contribution in [0.15, 0.2) is 30.3 Å². The lowest BCUT2D eigenvalue weighted by Gasteiger charge is -2.18. The highest BCUT2D eigenvalue weighted by Crippen LogP contribution is 2.40. The lowest BCUT2D eigenvalue weighted by Crippen LogP contribution is -2.36. The Morgan fingerprint density at radius 3 is 2.89 bits per heavy atom. The van der Waals surface area contributed by atoms with Crippen molar-refractivity contribution >= 4 is 17.7 Å². The quantitative estimate of drug-likeness (QED) is 0.815. The highest BCUT2D eigenvalue weighted by atomic mass is 32.2. The predicted molar refractivity (Wildman–Crippen MR) is 70.7 cm³/mol. The van der Waals surface area contributed by atoms with Crippen molar-refractivity contribution in [3.63, 3.8) is 0 Å². The molecule has 3 atom stereocenters. The molecule has 2 fully saturated rings. The van der Waals surface area contributed by atoms with Gasteiger partial charge in [-0.25, -0.2) is 0 Å². The highest BCUT2D eigenvalue weighted by Gasteiger charge is 2.47. The second kappa shape index (κ2) is 4.66. The number of nitriles is 1. The number of amides is 1. The Kier molecular flexibility index (Phi) is 3.00. The van der Waals surface area contributed by atoms with Crippen molar-refractivity contribution in [2.45, 2.75) is 24.3 Å². The molecule has 18 heavy (non-hydrogen) atoms. The van der Waals surface area contributed by atoms with Crippen LogP contribution in [-0.4, -0.2) is 28.0 Å². The van der Waals surface area contributed by atoms with Crippen molar-refractivity contribution in [1.29, 1.82) is 5.26 Å². The van der Waals surface area contributed by atoms with E-state index in [9.17, 15) is 4.79 Å². The summed E-state index contributed by atoms with van der Waals surface area (Å²) in [7, 11) is 0. The van der Waals surface area contributed by atoms with Gasteiger partial charge in [0.15, 0.2) is 0 Å². The Bertz CT molecular complexity index is 496. The molecule has 4 heteroatoms. The molecule has 2 aliphatic heterocycles. The number of carbonyl (C=O) groups is 1. The number of fused-ring (bicyclic) bond motifs is 1. The van der Waals surface area contributed by atoms with Crippen molar-refractivity contribution in [3.8, 4) is 6.07 Å². The third-order valence-electron chi connectivity index (χ3n) is 3.66. The fourth-order valence-electron chi connectivity index (χ4n) is 2.76. The summed E-state index contributed by atoms with van der Waals surface area (Å²) in [4.78, 5) is 14.1. The Labute approximate surface area is 111 Å². The van der Waals surface area contributed by atoms with Gasteiger partial charge in [0, 0.05) is 11.7 Å². The molecule has 0 radical (unpaired) electrons. The Morgan fingerprint density at radius 1 is 1.39 bits per heavy atom. The zero-order valence-corrected chi connectivity index (χ0v) is 10.8. The number of rotatable bonds is 2. The molecule has 3 nitrogen and oxygen atoms in total. The Hall–Kier alpha value is -1.47. The summed E-state index contributed by atoms with van der Waals surface area (Å²) in [6, 6.07) is 12.1. The number of benzene rings is 1. The van der Waals surface area contributed by atoms with Crippen LogP contribution in [0.4, 0.5) is 0 Å². The molecule has 1 amide bonds. The number of nitrogens with zero attached hydrogens (tertiary/aromatic N) is 2. The summed E-state index contributed by atoms with van der Waals surface area (Å²) in [6.45, 7) is 0. The molecule has 3 rings (SSSR count). The maximum absolute atomic E-state index is 12.3. The summed E-state index contributed by atoms with van der Waals surface area (Å²) in [5.74, 6) is 0.992. The molecule has 0 spiro atoms. The third-order valence-corrected chi connectivity index (χ3v) is 4.97. The first-order chi connectivity index (χ1) is 8.79. The van der Waals surface area contributed by atoms with Crippen molar-refractivity contribution in [1.82, 2.24) is 4.90 Å². The lowest BCUT2D eigenvalue weighted by atomic mass is 9.98. The van der Waals surface area contributed by atoms with Gasteiger partial charge in [0.2, 0.25) is 5.91 Å². The third kappa shape index (κ3) is 1.89. The maximum atomic E-state index is 12.3. The van der Waals surface area contributed by atoms with Gasteiger partial charge >= 0.3 is 0 Å². The van der Waals surface area contributed by atoms with Gasteiger partial charge in [-0.15, -0.1) is 11.8 Å². The fourth-order valence-corrected chi connectivity index (χ4v) is 4.18. The highest BCUT2D eigenvalue weighted by molar-refractivity contribution is 8.00. The van der Waals surface area contributed by atoms with Crippen molar-refractivity contribution in [2.24, 2.45) is 5.92 Å². The molecule has 0 aliphatic carbocycles. The van der Waals surface area contributed by atoms with Gasteiger partial charge in [-0.2, -0.15) is 5.26 Å². The number of thioether (sulfide) groups is 1. The van der Waals surface area contributed by atoms with Gasteiger partial charge < -0.3 is 4.90 Å². The van der Waals surface area contributed by atoms with E-state index in [1.807, 2.05) is 18.2 Å². The molecule has 0 aromatic heterocycles. The molecule has 0 N–H and O–H groups in total. The zero-order valence-electron chi connectivity index (χ0n) is 9.95. The SMILES string of the molecule is N#CC1CS[C@H]2CC(Cc3ccccc3)C(=O)N12. The molecule has 1 aromatic rings. The first-order valence-corrected chi connectivity index (χ1v) is 7.22. The van der Waals surface area contributed by atoms with Crippen LogP contribution >= 0.6 is 11.8 Å². The molecule has 2 aliphatic rings. The Balaban J connectivity index is 1.74. The van der Waals surface area contributed by atoms with E-state index in [0.717, 1.165) is 18.6 Å². The minimum absolute atomic E-state index is 0.0565. The molecular weight excluding hydrogens is 244 g/mol. The van der Waals surface area contributed by atoms with Crippen LogP contribution in [0.1, 0.15) is 12.0 Å². The molecule has 0 saturated carbocycles. The van der Waals surface area contributed by atoms with E-state index in [-0.39, 0.29) is 23.2 Å². The smallest absolute Gasteiger partial charge is 0.228 e. The van der Waals surface area contributed by atoms with E-state index in [1.165, 1.54) is 5.56 Å². The second-order valence-corrected chi connectivity index (χ2v) is 6.01. The van der Waals surface area contributed by atoms with Gasteiger partial charge in [-0.05, 0) is 18.4 Å². The average Bonchev–Trinajstić information content (AvgIpc) is 2.93. The van der Waals surface area contributed by atoms with Crippen LogP contribution in [0.3, 0.4) is 0 Å². The number of hydrogen-bond donors (Lipinski definition) is 0. The van der Waals surface area contributed by atoms with E-state index >= 15 is 0 Å². The van der Waals surface area contributed by atoms with E-state index in [2.05, 4.69) is 18.2 Å².